The van der Waals surface area contributed by atoms with Gasteiger partial charge < -0.3 is 0 Å². The SMILES string of the molecule is Cc1ccc(C=NN=Cc2cc(F)c(F)c(F)c2)cc1. The molecular weight excluding hydrogens is 265 g/mol. The van der Waals surface area contributed by atoms with E-state index in [0.717, 1.165) is 29.5 Å². The van der Waals surface area contributed by atoms with Crippen molar-refractivity contribution in [2.45, 2.75) is 6.92 Å². The second-order valence-electron chi connectivity index (χ2n) is 4.20. The van der Waals surface area contributed by atoms with Gasteiger partial charge in [0.2, 0.25) is 0 Å². The predicted octanol–water partition coefficient (Wildman–Crippen LogP) is 3.87. The van der Waals surface area contributed by atoms with Gasteiger partial charge >= 0.3 is 0 Å². The molecule has 0 saturated heterocycles. The summed E-state index contributed by atoms with van der Waals surface area (Å²) in [4.78, 5) is 0. The molecule has 0 aliphatic rings. The van der Waals surface area contributed by atoms with Crippen LogP contribution in [0.1, 0.15) is 16.7 Å². The largest absolute Gasteiger partial charge is 0.204 e. The molecule has 0 saturated carbocycles. The Labute approximate surface area is 114 Å². The first-order valence-electron chi connectivity index (χ1n) is 5.84. The molecule has 20 heavy (non-hydrogen) atoms. The van der Waals surface area contributed by atoms with Gasteiger partial charge in [-0.05, 0) is 24.6 Å². The zero-order chi connectivity index (χ0) is 14.5. The molecule has 2 nitrogen and oxygen atoms in total. The van der Waals surface area contributed by atoms with Gasteiger partial charge in [-0.25, -0.2) is 13.2 Å². The number of rotatable bonds is 3. The van der Waals surface area contributed by atoms with Crippen LogP contribution < -0.4 is 0 Å². The second kappa shape index (κ2) is 6.14. The van der Waals surface area contributed by atoms with E-state index in [0.29, 0.717) is 0 Å². The fourth-order valence-corrected chi connectivity index (χ4v) is 1.50. The van der Waals surface area contributed by atoms with Crippen LogP contribution in [0.2, 0.25) is 0 Å². The zero-order valence-electron chi connectivity index (χ0n) is 10.6. The third-order valence-electron chi connectivity index (χ3n) is 2.56. The average Bonchev–Trinajstić information content (AvgIpc) is 2.43. The first kappa shape index (κ1) is 14.0. The van der Waals surface area contributed by atoms with Crippen molar-refractivity contribution in [2.24, 2.45) is 10.2 Å². The molecule has 0 radical (unpaired) electrons. The van der Waals surface area contributed by atoms with E-state index in [9.17, 15) is 13.2 Å². The molecule has 0 bridgehead atoms. The molecule has 0 aromatic heterocycles. The first-order valence-corrected chi connectivity index (χ1v) is 5.84. The lowest BCUT2D eigenvalue weighted by atomic mass is 10.2. The Kier molecular flexibility index (Phi) is 4.30. The van der Waals surface area contributed by atoms with Gasteiger partial charge in [-0.3, -0.25) is 0 Å². The molecular formula is C15H11F3N2. The minimum Gasteiger partial charge on any atom is -0.204 e. The van der Waals surface area contributed by atoms with Gasteiger partial charge in [0.15, 0.2) is 17.5 Å². The highest BCUT2D eigenvalue weighted by Gasteiger charge is 2.08. The highest BCUT2D eigenvalue weighted by molar-refractivity contribution is 5.82. The molecule has 0 spiro atoms. The molecule has 0 aliphatic heterocycles. The lowest BCUT2D eigenvalue weighted by Gasteiger charge is -1.96. The molecule has 2 aromatic rings. The van der Waals surface area contributed by atoms with Gasteiger partial charge in [0, 0.05) is 5.56 Å². The van der Waals surface area contributed by atoms with Crippen molar-refractivity contribution in [3.05, 3.63) is 70.5 Å². The molecule has 5 heteroatoms. The summed E-state index contributed by atoms with van der Waals surface area (Å²) >= 11 is 0. The predicted molar refractivity (Wildman–Crippen MR) is 72.7 cm³/mol. The van der Waals surface area contributed by atoms with Crippen molar-refractivity contribution in [3.8, 4) is 0 Å². The van der Waals surface area contributed by atoms with E-state index in [1.54, 1.807) is 0 Å². The molecule has 0 fully saturated rings. The Morgan fingerprint density at radius 1 is 0.800 bits per heavy atom. The van der Waals surface area contributed by atoms with Gasteiger partial charge in [0.25, 0.3) is 0 Å². The second-order valence-corrected chi connectivity index (χ2v) is 4.20. The van der Waals surface area contributed by atoms with E-state index in [1.807, 2.05) is 31.2 Å². The van der Waals surface area contributed by atoms with Gasteiger partial charge in [-0.15, -0.1) is 0 Å². The highest BCUT2D eigenvalue weighted by atomic mass is 19.2. The number of halogens is 3. The molecule has 0 unspecified atom stereocenters. The summed E-state index contributed by atoms with van der Waals surface area (Å²) in [6.07, 6.45) is 2.66. The lowest BCUT2D eigenvalue weighted by molar-refractivity contribution is 0.447. The van der Waals surface area contributed by atoms with Crippen molar-refractivity contribution < 1.29 is 13.2 Å². The summed E-state index contributed by atoms with van der Waals surface area (Å²) in [6.45, 7) is 1.97. The topological polar surface area (TPSA) is 24.7 Å². The summed E-state index contributed by atoms with van der Waals surface area (Å²) in [5.74, 6) is -4.01. The van der Waals surface area contributed by atoms with E-state index >= 15 is 0 Å². The molecule has 0 heterocycles. The van der Waals surface area contributed by atoms with Crippen LogP contribution in [0, 0.1) is 24.4 Å². The van der Waals surface area contributed by atoms with Crippen molar-refractivity contribution in [1.82, 2.24) is 0 Å². The van der Waals surface area contributed by atoms with Crippen molar-refractivity contribution in [3.63, 3.8) is 0 Å². The Morgan fingerprint density at radius 2 is 1.30 bits per heavy atom. The summed E-state index contributed by atoms with van der Waals surface area (Å²) < 4.78 is 38.6. The maximum atomic E-state index is 12.9. The van der Waals surface area contributed by atoms with E-state index in [-0.39, 0.29) is 5.56 Å². The van der Waals surface area contributed by atoms with Crippen molar-refractivity contribution >= 4 is 12.4 Å². The van der Waals surface area contributed by atoms with Gasteiger partial charge in [-0.1, -0.05) is 29.8 Å². The molecule has 0 aliphatic carbocycles. The number of hydrogen-bond acceptors (Lipinski definition) is 2. The summed E-state index contributed by atoms with van der Waals surface area (Å²) in [5, 5.41) is 7.41. The third kappa shape index (κ3) is 3.54. The minimum absolute atomic E-state index is 0.0995. The third-order valence-corrected chi connectivity index (χ3v) is 2.56. The monoisotopic (exact) mass is 276 g/mol. The Bertz CT molecular complexity index is 638. The van der Waals surface area contributed by atoms with Crippen LogP contribution >= 0.6 is 0 Å². The Balaban J connectivity index is 2.08. The molecule has 0 N–H and O–H groups in total. The molecule has 2 rings (SSSR count). The van der Waals surface area contributed by atoms with Gasteiger partial charge in [-0.2, -0.15) is 10.2 Å². The first-order chi connectivity index (χ1) is 9.56. The van der Waals surface area contributed by atoms with Gasteiger partial charge in [0.05, 0.1) is 12.4 Å². The summed E-state index contributed by atoms with van der Waals surface area (Å²) in [6, 6.07) is 9.29. The standard InChI is InChI=1S/C15H11F3N2/c1-10-2-4-11(5-3-10)8-19-20-9-12-6-13(16)15(18)14(17)7-12/h2-9H,1H3. The van der Waals surface area contributed by atoms with Crippen molar-refractivity contribution in [2.75, 3.05) is 0 Å². The smallest absolute Gasteiger partial charge is 0.194 e. The number of hydrogen-bond donors (Lipinski definition) is 0. The Morgan fingerprint density at radius 3 is 1.85 bits per heavy atom. The molecule has 2 aromatic carbocycles. The molecule has 102 valence electrons. The molecule has 0 amide bonds. The van der Waals surface area contributed by atoms with Crippen LogP contribution in [-0.4, -0.2) is 12.4 Å². The highest BCUT2D eigenvalue weighted by Crippen LogP contribution is 2.12. The Hall–Kier alpha value is -2.43. The number of benzene rings is 2. The van der Waals surface area contributed by atoms with Crippen LogP contribution in [0.4, 0.5) is 13.2 Å². The fourth-order valence-electron chi connectivity index (χ4n) is 1.50. The molecule has 0 atom stereocenters. The minimum atomic E-state index is -1.50. The summed E-state index contributed by atoms with van der Waals surface area (Å²) in [5.41, 5.74) is 2.08. The van der Waals surface area contributed by atoms with E-state index in [2.05, 4.69) is 10.2 Å². The average molecular weight is 276 g/mol. The maximum Gasteiger partial charge on any atom is 0.194 e. The fraction of sp³-hybridized carbons (Fsp3) is 0.0667. The number of aryl methyl sites for hydroxylation is 1. The lowest BCUT2D eigenvalue weighted by Crippen LogP contribution is -1.93. The van der Waals surface area contributed by atoms with Crippen molar-refractivity contribution in [1.29, 1.82) is 0 Å². The zero-order valence-corrected chi connectivity index (χ0v) is 10.6. The van der Waals surface area contributed by atoms with Gasteiger partial charge in [0.1, 0.15) is 0 Å². The van der Waals surface area contributed by atoms with Crippen LogP contribution in [0.15, 0.2) is 46.6 Å². The summed E-state index contributed by atoms with van der Waals surface area (Å²) in [7, 11) is 0. The quantitative estimate of drug-likeness (QED) is 0.462. The maximum absolute atomic E-state index is 12.9. The normalized spacial score (nSPS) is 11.6. The van der Waals surface area contributed by atoms with E-state index in [1.165, 1.54) is 6.21 Å². The van der Waals surface area contributed by atoms with Crippen LogP contribution in [-0.2, 0) is 0 Å². The van der Waals surface area contributed by atoms with Crippen LogP contribution in [0.5, 0.6) is 0 Å². The van der Waals surface area contributed by atoms with E-state index < -0.39 is 17.5 Å². The number of nitrogens with zero attached hydrogens (tertiary/aromatic N) is 2. The van der Waals surface area contributed by atoms with Crippen LogP contribution in [0.25, 0.3) is 0 Å². The van der Waals surface area contributed by atoms with Crippen LogP contribution in [0.3, 0.4) is 0 Å². The van der Waals surface area contributed by atoms with E-state index in [4.69, 9.17) is 0 Å².